The molecular weight excluding hydrogens is 281 g/mol. The fourth-order valence-electron chi connectivity index (χ4n) is 2.45. The van der Waals surface area contributed by atoms with Gasteiger partial charge in [0.15, 0.2) is 0 Å². The van der Waals surface area contributed by atoms with E-state index in [0.717, 1.165) is 17.0 Å². The zero-order valence-corrected chi connectivity index (χ0v) is 12.6. The molecule has 3 rings (SSSR count). The fourth-order valence-corrected chi connectivity index (χ4v) is 2.45. The van der Waals surface area contributed by atoms with Gasteiger partial charge >= 0.3 is 0 Å². The second kappa shape index (κ2) is 6.11. The Kier molecular flexibility index (Phi) is 4.02. The number of aromatic nitrogens is 4. The first-order chi connectivity index (χ1) is 10.6. The molecule has 0 spiro atoms. The number of hydrogen-bond acceptors (Lipinski definition) is 3. The molecule has 0 aliphatic carbocycles. The summed E-state index contributed by atoms with van der Waals surface area (Å²) in [5, 5.41) is 7.63. The summed E-state index contributed by atoms with van der Waals surface area (Å²) in [4.78, 5) is 4.42. The SMILES string of the molecule is Cn1cc(CN[C@@H](c2ccc(F)cc2)c2nccn2C)cn1. The molecule has 0 amide bonds. The number of hydrogen-bond donors (Lipinski definition) is 1. The maximum atomic E-state index is 13.2. The zero-order chi connectivity index (χ0) is 15.5. The number of imidazole rings is 1. The van der Waals surface area contributed by atoms with E-state index in [-0.39, 0.29) is 11.9 Å². The van der Waals surface area contributed by atoms with Gasteiger partial charge in [0.25, 0.3) is 0 Å². The molecule has 2 heterocycles. The van der Waals surface area contributed by atoms with Crippen LogP contribution in [-0.2, 0) is 20.6 Å². The van der Waals surface area contributed by atoms with Gasteiger partial charge in [0.05, 0.1) is 12.2 Å². The number of nitrogens with one attached hydrogen (secondary N) is 1. The van der Waals surface area contributed by atoms with E-state index in [1.54, 1.807) is 23.0 Å². The molecule has 22 heavy (non-hydrogen) atoms. The molecule has 6 heteroatoms. The first-order valence-electron chi connectivity index (χ1n) is 7.07. The van der Waals surface area contributed by atoms with E-state index in [4.69, 9.17) is 0 Å². The largest absolute Gasteiger partial charge is 0.336 e. The molecule has 0 saturated carbocycles. The van der Waals surface area contributed by atoms with Crippen LogP contribution in [-0.4, -0.2) is 19.3 Å². The molecule has 0 aliphatic rings. The molecule has 2 aromatic heterocycles. The van der Waals surface area contributed by atoms with Gasteiger partial charge in [0, 0.05) is 44.8 Å². The van der Waals surface area contributed by atoms with Gasteiger partial charge in [-0.25, -0.2) is 9.37 Å². The molecular formula is C16H18FN5. The Morgan fingerprint density at radius 1 is 1.23 bits per heavy atom. The zero-order valence-electron chi connectivity index (χ0n) is 12.6. The Bertz CT molecular complexity index is 744. The Morgan fingerprint density at radius 2 is 2.00 bits per heavy atom. The third-order valence-electron chi connectivity index (χ3n) is 3.59. The summed E-state index contributed by atoms with van der Waals surface area (Å²) < 4.78 is 16.9. The van der Waals surface area contributed by atoms with E-state index in [1.165, 1.54) is 12.1 Å². The van der Waals surface area contributed by atoms with Crippen LogP contribution in [0, 0.1) is 5.82 Å². The third-order valence-corrected chi connectivity index (χ3v) is 3.59. The van der Waals surface area contributed by atoms with Crippen LogP contribution in [0.3, 0.4) is 0 Å². The van der Waals surface area contributed by atoms with Crippen LogP contribution < -0.4 is 5.32 Å². The minimum Gasteiger partial charge on any atom is -0.336 e. The van der Waals surface area contributed by atoms with Crippen molar-refractivity contribution in [1.29, 1.82) is 0 Å². The summed E-state index contributed by atoms with van der Waals surface area (Å²) >= 11 is 0. The lowest BCUT2D eigenvalue weighted by Gasteiger charge is -2.19. The first kappa shape index (κ1) is 14.5. The highest BCUT2D eigenvalue weighted by atomic mass is 19.1. The van der Waals surface area contributed by atoms with Crippen LogP contribution in [0.2, 0.25) is 0 Å². The number of aryl methyl sites for hydroxylation is 2. The molecule has 5 nitrogen and oxygen atoms in total. The summed E-state index contributed by atoms with van der Waals surface area (Å²) in [7, 11) is 3.84. The van der Waals surface area contributed by atoms with Crippen LogP contribution in [0.1, 0.15) is 23.0 Å². The molecule has 114 valence electrons. The quantitative estimate of drug-likeness (QED) is 0.785. The maximum absolute atomic E-state index is 13.2. The van der Waals surface area contributed by atoms with Crippen molar-refractivity contribution in [3.05, 3.63) is 71.8 Å². The second-order valence-corrected chi connectivity index (χ2v) is 5.28. The third kappa shape index (κ3) is 3.07. The minimum absolute atomic E-state index is 0.110. The van der Waals surface area contributed by atoms with Crippen molar-refractivity contribution in [3.8, 4) is 0 Å². The summed E-state index contributed by atoms with van der Waals surface area (Å²) in [6.07, 6.45) is 7.45. The summed E-state index contributed by atoms with van der Waals surface area (Å²) in [5.74, 6) is 0.644. The number of nitrogens with zero attached hydrogens (tertiary/aromatic N) is 4. The highest BCUT2D eigenvalue weighted by molar-refractivity contribution is 5.26. The van der Waals surface area contributed by atoms with E-state index >= 15 is 0 Å². The van der Waals surface area contributed by atoms with E-state index in [1.807, 2.05) is 37.3 Å². The molecule has 1 atom stereocenters. The van der Waals surface area contributed by atoms with Gasteiger partial charge in [-0.3, -0.25) is 10.00 Å². The van der Waals surface area contributed by atoms with Crippen LogP contribution in [0.15, 0.2) is 49.1 Å². The van der Waals surface area contributed by atoms with E-state index in [9.17, 15) is 4.39 Å². The summed E-state index contributed by atoms with van der Waals surface area (Å²) in [6, 6.07) is 6.39. The second-order valence-electron chi connectivity index (χ2n) is 5.28. The smallest absolute Gasteiger partial charge is 0.130 e. The van der Waals surface area contributed by atoms with Gasteiger partial charge < -0.3 is 4.57 Å². The topological polar surface area (TPSA) is 47.7 Å². The molecule has 0 aliphatic heterocycles. The highest BCUT2D eigenvalue weighted by Crippen LogP contribution is 2.21. The molecule has 1 N–H and O–H groups in total. The average molecular weight is 299 g/mol. The van der Waals surface area contributed by atoms with Gasteiger partial charge in [-0.15, -0.1) is 0 Å². The fraction of sp³-hybridized carbons (Fsp3) is 0.250. The van der Waals surface area contributed by atoms with Crippen LogP contribution >= 0.6 is 0 Å². The maximum Gasteiger partial charge on any atom is 0.130 e. The van der Waals surface area contributed by atoms with E-state index in [2.05, 4.69) is 15.4 Å². The van der Waals surface area contributed by atoms with Crippen molar-refractivity contribution in [2.45, 2.75) is 12.6 Å². The van der Waals surface area contributed by atoms with Crippen LogP contribution in [0.25, 0.3) is 0 Å². The average Bonchev–Trinajstić information content (AvgIpc) is 3.10. The first-order valence-corrected chi connectivity index (χ1v) is 7.07. The lowest BCUT2D eigenvalue weighted by atomic mass is 10.1. The van der Waals surface area contributed by atoms with Gasteiger partial charge in [0.1, 0.15) is 11.6 Å². The lowest BCUT2D eigenvalue weighted by Crippen LogP contribution is -2.24. The van der Waals surface area contributed by atoms with Gasteiger partial charge in [-0.1, -0.05) is 12.1 Å². The molecule has 0 bridgehead atoms. The van der Waals surface area contributed by atoms with Gasteiger partial charge in [-0.05, 0) is 17.7 Å². The predicted octanol–water partition coefficient (Wildman–Crippen LogP) is 2.17. The monoisotopic (exact) mass is 299 g/mol. The van der Waals surface area contributed by atoms with Crippen molar-refractivity contribution in [3.63, 3.8) is 0 Å². The predicted molar refractivity (Wildman–Crippen MR) is 81.5 cm³/mol. The lowest BCUT2D eigenvalue weighted by molar-refractivity contribution is 0.555. The molecule has 0 radical (unpaired) electrons. The molecule has 3 aromatic rings. The normalized spacial score (nSPS) is 12.5. The highest BCUT2D eigenvalue weighted by Gasteiger charge is 2.18. The molecule has 0 fully saturated rings. The summed E-state index contributed by atoms with van der Waals surface area (Å²) in [5.41, 5.74) is 2.06. The van der Waals surface area contributed by atoms with Gasteiger partial charge in [-0.2, -0.15) is 5.10 Å². The van der Waals surface area contributed by atoms with Crippen molar-refractivity contribution in [2.24, 2.45) is 14.1 Å². The Balaban J connectivity index is 1.86. The molecule has 0 unspecified atom stereocenters. The number of rotatable bonds is 5. The standard InChI is InChI=1S/C16H18FN5/c1-21-8-7-18-16(21)15(13-3-5-14(17)6-4-13)19-9-12-10-20-22(2)11-12/h3-8,10-11,15,19H,9H2,1-2H3/t15-/m0/s1. The Morgan fingerprint density at radius 3 is 2.59 bits per heavy atom. The summed E-state index contributed by atoms with van der Waals surface area (Å²) in [6.45, 7) is 0.655. The van der Waals surface area contributed by atoms with Gasteiger partial charge in [0.2, 0.25) is 0 Å². The van der Waals surface area contributed by atoms with Crippen molar-refractivity contribution in [1.82, 2.24) is 24.6 Å². The van der Waals surface area contributed by atoms with Crippen molar-refractivity contribution in [2.75, 3.05) is 0 Å². The number of halogens is 1. The minimum atomic E-state index is -0.241. The van der Waals surface area contributed by atoms with E-state index in [0.29, 0.717) is 6.54 Å². The number of benzene rings is 1. The molecule has 1 aromatic carbocycles. The van der Waals surface area contributed by atoms with Crippen molar-refractivity contribution < 1.29 is 4.39 Å². The Labute approximate surface area is 128 Å². The Hall–Kier alpha value is -2.47. The van der Waals surface area contributed by atoms with E-state index < -0.39 is 0 Å². The van der Waals surface area contributed by atoms with Crippen molar-refractivity contribution >= 4 is 0 Å². The van der Waals surface area contributed by atoms with Crippen LogP contribution in [0.4, 0.5) is 4.39 Å². The molecule has 0 saturated heterocycles. The van der Waals surface area contributed by atoms with Crippen LogP contribution in [0.5, 0.6) is 0 Å².